The smallest absolute Gasteiger partial charge is 0.290 e. The Balaban J connectivity index is 2.16. The van der Waals surface area contributed by atoms with Crippen molar-refractivity contribution in [2.45, 2.75) is 6.04 Å². The molecular formula is C21H25N2O6+. The number of likely N-dealkylation sites (N-methyl/N-ethyl adjacent to an activating group) is 1. The first-order chi connectivity index (χ1) is 13.9. The topological polar surface area (TPSA) is 93.7 Å². The van der Waals surface area contributed by atoms with Gasteiger partial charge in [-0.3, -0.25) is 9.59 Å². The number of nitrogens with zero attached hydrogens (tertiary/aromatic N) is 1. The van der Waals surface area contributed by atoms with Crippen LogP contribution in [0.2, 0.25) is 0 Å². The van der Waals surface area contributed by atoms with Crippen molar-refractivity contribution in [3.8, 4) is 11.5 Å². The van der Waals surface area contributed by atoms with Gasteiger partial charge < -0.3 is 28.8 Å². The van der Waals surface area contributed by atoms with Crippen LogP contribution in [0.3, 0.4) is 0 Å². The largest absolute Gasteiger partial charge is 0.503 e. The lowest BCUT2D eigenvalue weighted by molar-refractivity contribution is -0.857. The van der Waals surface area contributed by atoms with Gasteiger partial charge in [-0.1, -0.05) is 12.1 Å². The number of amides is 1. The van der Waals surface area contributed by atoms with Crippen LogP contribution in [0.15, 0.2) is 52.3 Å². The van der Waals surface area contributed by atoms with Crippen LogP contribution in [0.1, 0.15) is 22.2 Å². The van der Waals surface area contributed by atoms with Crippen LogP contribution in [-0.4, -0.2) is 63.1 Å². The predicted octanol–water partition coefficient (Wildman–Crippen LogP) is 1.02. The monoisotopic (exact) mass is 401 g/mol. The van der Waals surface area contributed by atoms with E-state index in [2.05, 4.69) is 0 Å². The molecule has 1 amide bonds. The fourth-order valence-corrected chi connectivity index (χ4v) is 3.45. The molecule has 1 atom stereocenters. The maximum atomic E-state index is 13.1. The standard InChI is InChI=1S/C21H24N2O6/c1-22(2)10-11-23-17(13-7-5-8-15(27-3)20(13)28-4)16(19(25)21(23)26)18(24)14-9-6-12-29-14/h5-9,12,17,25H,10-11H2,1-4H3/p+1/t17-/m0/s1. The van der Waals surface area contributed by atoms with E-state index in [1.165, 1.54) is 31.4 Å². The fraction of sp³-hybridized carbons (Fsp3) is 0.333. The van der Waals surface area contributed by atoms with Crippen LogP contribution in [0.4, 0.5) is 0 Å². The number of aliphatic hydroxyl groups is 1. The molecule has 1 aromatic carbocycles. The summed E-state index contributed by atoms with van der Waals surface area (Å²) in [6.07, 6.45) is 1.37. The summed E-state index contributed by atoms with van der Waals surface area (Å²) < 4.78 is 16.1. The Bertz CT molecular complexity index is 933. The zero-order valence-electron chi connectivity index (χ0n) is 16.9. The van der Waals surface area contributed by atoms with E-state index < -0.39 is 23.5 Å². The molecule has 8 heteroatoms. The van der Waals surface area contributed by atoms with E-state index in [1.807, 2.05) is 14.1 Å². The minimum absolute atomic E-state index is 0.0368. The van der Waals surface area contributed by atoms with Gasteiger partial charge in [-0.2, -0.15) is 0 Å². The molecule has 2 N–H and O–H groups in total. The molecule has 29 heavy (non-hydrogen) atoms. The number of ketones is 1. The van der Waals surface area contributed by atoms with Gasteiger partial charge in [0.15, 0.2) is 23.0 Å². The first kappa shape index (κ1) is 20.5. The van der Waals surface area contributed by atoms with Gasteiger partial charge in [0.05, 0.1) is 59.3 Å². The summed E-state index contributed by atoms with van der Waals surface area (Å²) in [5, 5.41) is 10.6. The molecule has 3 rings (SSSR count). The minimum atomic E-state index is -0.829. The average Bonchev–Trinajstić information content (AvgIpc) is 3.33. The zero-order valence-corrected chi connectivity index (χ0v) is 16.9. The summed E-state index contributed by atoms with van der Waals surface area (Å²) in [6.45, 7) is 0.967. The van der Waals surface area contributed by atoms with E-state index in [0.29, 0.717) is 30.2 Å². The van der Waals surface area contributed by atoms with Crippen molar-refractivity contribution in [2.24, 2.45) is 0 Å². The number of furan rings is 1. The third-order valence-corrected chi connectivity index (χ3v) is 4.87. The SMILES string of the molecule is COc1cccc([C@H]2C(C(=O)c3ccco3)=C(O)C(=O)N2CC[NH+](C)C)c1OC. The summed E-state index contributed by atoms with van der Waals surface area (Å²) in [4.78, 5) is 28.6. The zero-order chi connectivity index (χ0) is 21.1. The van der Waals surface area contributed by atoms with Gasteiger partial charge in [0, 0.05) is 5.56 Å². The van der Waals surface area contributed by atoms with Crippen molar-refractivity contribution < 1.29 is 33.5 Å². The van der Waals surface area contributed by atoms with Gasteiger partial charge in [0.2, 0.25) is 5.78 Å². The Morgan fingerprint density at radius 2 is 1.97 bits per heavy atom. The van der Waals surface area contributed by atoms with Crippen molar-refractivity contribution >= 4 is 11.7 Å². The Hall–Kier alpha value is -3.26. The molecule has 0 bridgehead atoms. The molecule has 0 radical (unpaired) electrons. The van der Waals surface area contributed by atoms with E-state index in [0.717, 1.165) is 4.90 Å². The van der Waals surface area contributed by atoms with Crippen LogP contribution < -0.4 is 14.4 Å². The Kier molecular flexibility index (Phi) is 5.93. The first-order valence-corrected chi connectivity index (χ1v) is 9.22. The number of carbonyl (C=O) groups excluding carboxylic acids is 2. The van der Waals surface area contributed by atoms with Crippen LogP contribution in [0.25, 0.3) is 0 Å². The van der Waals surface area contributed by atoms with Crippen LogP contribution in [0.5, 0.6) is 11.5 Å². The molecule has 1 aliphatic rings. The number of hydrogen-bond donors (Lipinski definition) is 2. The van der Waals surface area contributed by atoms with E-state index in [-0.39, 0.29) is 11.3 Å². The molecule has 0 saturated heterocycles. The summed E-state index contributed by atoms with van der Waals surface area (Å²) >= 11 is 0. The lowest BCUT2D eigenvalue weighted by Crippen LogP contribution is -3.06. The number of benzene rings is 1. The molecular weight excluding hydrogens is 376 g/mol. The van der Waals surface area contributed by atoms with E-state index in [9.17, 15) is 14.7 Å². The van der Waals surface area contributed by atoms with E-state index in [1.54, 1.807) is 24.3 Å². The molecule has 1 aromatic heterocycles. The lowest BCUT2D eigenvalue weighted by atomic mass is 9.94. The lowest BCUT2D eigenvalue weighted by Gasteiger charge is -2.28. The van der Waals surface area contributed by atoms with Gasteiger partial charge in [0.1, 0.15) is 0 Å². The first-order valence-electron chi connectivity index (χ1n) is 9.22. The maximum absolute atomic E-state index is 13.1. The summed E-state index contributed by atoms with van der Waals surface area (Å²) in [7, 11) is 6.93. The summed E-state index contributed by atoms with van der Waals surface area (Å²) in [6, 6.07) is 7.48. The Morgan fingerprint density at radius 3 is 2.55 bits per heavy atom. The number of carbonyl (C=O) groups is 2. The number of aliphatic hydroxyl groups excluding tert-OH is 1. The Labute approximate surface area is 168 Å². The highest BCUT2D eigenvalue weighted by Gasteiger charge is 2.45. The number of quaternary nitrogens is 1. The second-order valence-electron chi connectivity index (χ2n) is 7.01. The third-order valence-electron chi connectivity index (χ3n) is 4.87. The minimum Gasteiger partial charge on any atom is -0.503 e. The number of hydrogen-bond acceptors (Lipinski definition) is 6. The van der Waals surface area contributed by atoms with Crippen molar-refractivity contribution in [3.05, 3.63) is 59.3 Å². The second-order valence-corrected chi connectivity index (χ2v) is 7.01. The van der Waals surface area contributed by atoms with Crippen molar-refractivity contribution in [3.63, 3.8) is 0 Å². The maximum Gasteiger partial charge on any atom is 0.290 e. The molecule has 2 aromatic rings. The summed E-state index contributed by atoms with van der Waals surface area (Å²) in [5.74, 6) is -0.811. The van der Waals surface area contributed by atoms with Crippen LogP contribution >= 0.6 is 0 Å². The molecule has 0 saturated carbocycles. The molecule has 1 aliphatic heterocycles. The second kappa shape index (κ2) is 8.40. The molecule has 0 aliphatic carbocycles. The molecule has 154 valence electrons. The molecule has 0 unspecified atom stereocenters. The Morgan fingerprint density at radius 1 is 1.21 bits per heavy atom. The van der Waals surface area contributed by atoms with E-state index >= 15 is 0 Å². The quantitative estimate of drug-likeness (QED) is 0.642. The normalized spacial score (nSPS) is 16.7. The van der Waals surface area contributed by atoms with Crippen LogP contribution in [-0.2, 0) is 4.79 Å². The number of Topliss-reactive ketones (excluding diaryl/α,β-unsaturated/α-hetero) is 1. The van der Waals surface area contributed by atoms with Gasteiger partial charge >= 0.3 is 0 Å². The van der Waals surface area contributed by atoms with Gasteiger partial charge in [-0.25, -0.2) is 0 Å². The fourth-order valence-electron chi connectivity index (χ4n) is 3.45. The molecule has 8 nitrogen and oxygen atoms in total. The van der Waals surface area contributed by atoms with Crippen molar-refractivity contribution in [1.29, 1.82) is 0 Å². The number of ether oxygens (including phenoxy) is 2. The summed E-state index contributed by atoms with van der Waals surface area (Å²) in [5.41, 5.74) is 0.512. The van der Waals surface area contributed by atoms with Gasteiger partial charge in [-0.05, 0) is 18.2 Å². The predicted molar refractivity (Wildman–Crippen MR) is 104 cm³/mol. The highest BCUT2D eigenvalue weighted by Crippen LogP contribution is 2.45. The van der Waals surface area contributed by atoms with Crippen molar-refractivity contribution in [1.82, 2.24) is 4.90 Å². The molecule has 0 spiro atoms. The average molecular weight is 401 g/mol. The van der Waals surface area contributed by atoms with Gasteiger partial charge in [0.25, 0.3) is 5.91 Å². The highest BCUT2D eigenvalue weighted by atomic mass is 16.5. The van der Waals surface area contributed by atoms with E-state index in [4.69, 9.17) is 13.9 Å². The van der Waals surface area contributed by atoms with Crippen molar-refractivity contribution in [2.75, 3.05) is 41.4 Å². The number of para-hydroxylation sites is 1. The molecule has 0 fully saturated rings. The third kappa shape index (κ3) is 3.71. The number of methoxy groups -OCH3 is 2. The van der Waals surface area contributed by atoms with Gasteiger partial charge in [-0.15, -0.1) is 0 Å². The molecule has 2 heterocycles. The highest BCUT2D eigenvalue weighted by molar-refractivity contribution is 6.15. The number of nitrogens with one attached hydrogen (secondary N) is 1. The van der Waals surface area contributed by atoms with Crippen LogP contribution in [0, 0.1) is 0 Å². The number of rotatable bonds is 8.